The van der Waals surface area contributed by atoms with Crippen molar-refractivity contribution in [2.75, 3.05) is 19.8 Å². The Labute approximate surface area is 350 Å². The van der Waals surface area contributed by atoms with Gasteiger partial charge in [-0.15, -0.1) is 0 Å². The third kappa shape index (κ3) is 39.5. The largest absolute Gasteiger partial charge is 0.480 e. The number of allylic oxidation sites excluding steroid dienone is 14. The molecule has 0 saturated heterocycles. The maximum atomic E-state index is 12.6. The van der Waals surface area contributed by atoms with Crippen LogP contribution in [0.25, 0.3) is 0 Å². The first-order chi connectivity index (χ1) is 28.1. The van der Waals surface area contributed by atoms with Crippen LogP contribution in [0.5, 0.6) is 0 Å². The molecule has 0 fully saturated rings. The lowest BCUT2D eigenvalue weighted by Gasteiger charge is -2.20. The SMILES string of the molecule is CC/C=C/C/C=C/C/C=C/C/C=C/C/C=C/C/C=C/CCC(=O)O[C@H](COC(=O)CCCCC/C=C/CCCCCCCCCC)COP(=O)(O)OC[C@H](N)C(=O)O. The van der Waals surface area contributed by atoms with Gasteiger partial charge in [0.2, 0.25) is 0 Å². The molecule has 0 bridgehead atoms. The van der Waals surface area contributed by atoms with E-state index in [0.717, 1.165) is 57.8 Å². The van der Waals surface area contributed by atoms with E-state index in [1.807, 2.05) is 18.2 Å². The first kappa shape index (κ1) is 54.7. The predicted octanol–water partition coefficient (Wildman–Crippen LogP) is 11.5. The van der Waals surface area contributed by atoms with E-state index in [2.05, 4.69) is 85.2 Å². The second-order valence-corrected chi connectivity index (χ2v) is 15.5. The van der Waals surface area contributed by atoms with E-state index in [0.29, 0.717) is 19.3 Å². The van der Waals surface area contributed by atoms with Crippen LogP contribution in [0.15, 0.2) is 85.1 Å². The summed E-state index contributed by atoms with van der Waals surface area (Å²) in [6, 6.07) is -1.54. The molecule has 1 unspecified atom stereocenters. The smallest absolute Gasteiger partial charge is 0.472 e. The summed E-state index contributed by atoms with van der Waals surface area (Å²) in [7, 11) is -4.74. The van der Waals surface area contributed by atoms with E-state index in [9.17, 15) is 23.8 Å². The zero-order valence-corrected chi connectivity index (χ0v) is 36.5. The van der Waals surface area contributed by atoms with Gasteiger partial charge in [-0.1, -0.05) is 150 Å². The molecule has 12 heteroatoms. The Balaban J connectivity index is 4.54. The van der Waals surface area contributed by atoms with Gasteiger partial charge in [0.05, 0.1) is 13.2 Å². The third-order valence-electron chi connectivity index (χ3n) is 8.64. The van der Waals surface area contributed by atoms with Crippen LogP contribution in [0.1, 0.15) is 155 Å². The van der Waals surface area contributed by atoms with Crippen LogP contribution in [0.4, 0.5) is 0 Å². The molecule has 0 aromatic rings. The highest BCUT2D eigenvalue weighted by Gasteiger charge is 2.28. The Kier molecular flexibility index (Phi) is 38.1. The van der Waals surface area contributed by atoms with Gasteiger partial charge in [0.25, 0.3) is 0 Å². The molecule has 0 aromatic carbocycles. The number of carbonyl (C=O) groups is 3. The van der Waals surface area contributed by atoms with Gasteiger partial charge < -0.3 is 25.2 Å². The number of carbonyl (C=O) groups excluding carboxylic acids is 2. The van der Waals surface area contributed by atoms with Gasteiger partial charge in [-0.3, -0.25) is 23.4 Å². The molecule has 3 atom stereocenters. The third-order valence-corrected chi connectivity index (χ3v) is 9.59. The minimum absolute atomic E-state index is 0.0287. The van der Waals surface area contributed by atoms with Crippen molar-refractivity contribution in [3.63, 3.8) is 0 Å². The van der Waals surface area contributed by atoms with Gasteiger partial charge in [0.1, 0.15) is 12.6 Å². The minimum atomic E-state index is -4.74. The predicted molar refractivity (Wildman–Crippen MR) is 235 cm³/mol. The van der Waals surface area contributed by atoms with Crippen LogP contribution in [0.2, 0.25) is 0 Å². The second kappa shape index (κ2) is 40.4. The van der Waals surface area contributed by atoms with Crippen LogP contribution >= 0.6 is 7.82 Å². The van der Waals surface area contributed by atoms with E-state index >= 15 is 0 Å². The highest BCUT2D eigenvalue weighted by atomic mass is 31.2. The Hall–Kier alpha value is -3.34. The van der Waals surface area contributed by atoms with Crippen LogP contribution in [0.3, 0.4) is 0 Å². The molecule has 11 nitrogen and oxygen atoms in total. The van der Waals surface area contributed by atoms with Gasteiger partial charge in [0.15, 0.2) is 6.10 Å². The maximum absolute atomic E-state index is 12.6. The number of esters is 2. The number of nitrogens with two attached hydrogens (primary N) is 1. The molecule has 0 rings (SSSR count). The lowest BCUT2D eigenvalue weighted by molar-refractivity contribution is -0.161. The van der Waals surface area contributed by atoms with Crippen LogP contribution in [-0.2, 0) is 37.5 Å². The van der Waals surface area contributed by atoms with Crippen LogP contribution in [0, 0.1) is 0 Å². The molecular weight excluding hydrogens is 757 g/mol. The van der Waals surface area contributed by atoms with Gasteiger partial charge in [-0.05, 0) is 77.0 Å². The van der Waals surface area contributed by atoms with Gasteiger partial charge >= 0.3 is 25.7 Å². The summed E-state index contributed by atoms with van der Waals surface area (Å²) in [6.45, 7) is 2.58. The molecule has 0 spiro atoms. The number of aliphatic carboxylic acids is 1. The molecule has 58 heavy (non-hydrogen) atoms. The van der Waals surface area contributed by atoms with Crippen molar-refractivity contribution in [3.05, 3.63) is 85.1 Å². The molecule has 0 aromatic heterocycles. The van der Waals surface area contributed by atoms with Crippen molar-refractivity contribution in [1.82, 2.24) is 0 Å². The fourth-order valence-corrected chi connectivity index (χ4v) is 6.04. The summed E-state index contributed by atoms with van der Waals surface area (Å²) in [4.78, 5) is 45.9. The number of hydrogen-bond acceptors (Lipinski definition) is 9. The molecule has 4 N–H and O–H groups in total. The molecular formula is C46H76NO10P. The van der Waals surface area contributed by atoms with E-state index in [4.69, 9.17) is 24.8 Å². The van der Waals surface area contributed by atoms with Crippen LogP contribution < -0.4 is 5.73 Å². The molecule has 0 aliphatic rings. The fraction of sp³-hybridized carbons (Fsp3) is 0.630. The molecule has 0 aliphatic carbocycles. The Morgan fingerprint density at radius 2 is 1.00 bits per heavy atom. The average molecular weight is 834 g/mol. The van der Waals surface area contributed by atoms with Gasteiger partial charge in [-0.25, -0.2) is 4.57 Å². The highest BCUT2D eigenvalue weighted by Crippen LogP contribution is 2.43. The van der Waals surface area contributed by atoms with Crippen molar-refractivity contribution >= 4 is 25.7 Å². The normalized spacial score (nSPS) is 14.6. The fourth-order valence-electron chi connectivity index (χ4n) is 5.26. The first-order valence-corrected chi connectivity index (χ1v) is 23.1. The quantitative estimate of drug-likeness (QED) is 0.0233. The number of phosphoric ester groups is 1. The van der Waals surface area contributed by atoms with Crippen molar-refractivity contribution < 1.29 is 47.5 Å². The summed E-state index contributed by atoms with van der Waals surface area (Å²) < 4.78 is 32.6. The molecule has 0 amide bonds. The number of carboxylic acids is 1. The van der Waals surface area contributed by atoms with Crippen molar-refractivity contribution in [2.24, 2.45) is 5.73 Å². The lowest BCUT2D eigenvalue weighted by Crippen LogP contribution is -2.34. The molecule has 0 heterocycles. The van der Waals surface area contributed by atoms with Gasteiger partial charge in [-0.2, -0.15) is 0 Å². The van der Waals surface area contributed by atoms with E-state index < -0.39 is 51.1 Å². The van der Waals surface area contributed by atoms with Crippen LogP contribution in [-0.4, -0.2) is 59.9 Å². The molecule has 0 saturated carbocycles. The average Bonchev–Trinajstić information content (AvgIpc) is 3.20. The maximum Gasteiger partial charge on any atom is 0.472 e. The zero-order valence-electron chi connectivity index (χ0n) is 35.6. The minimum Gasteiger partial charge on any atom is -0.480 e. The van der Waals surface area contributed by atoms with E-state index in [-0.39, 0.29) is 19.4 Å². The topological polar surface area (TPSA) is 172 Å². The monoisotopic (exact) mass is 834 g/mol. The second-order valence-electron chi connectivity index (χ2n) is 14.1. The standard InChI is InChI=1S/C46H76NO10P/c1-3-5-7-9-11-13-15-17-19-20-21-22-24-26-28-30-32-34-36-38-45(49)57-42(40-55-58(52,53)56-41-43(47)46(50)51)39-54-44(48)37-35-33-31-29-27-25-23-18-16-14-12-10-8-6-4-2/h5,7,11,13,17,19,21-22,25-28,32,34,42-43H,3-4,6,8-10,12,14-16,18,20,23-24,29-31,33,35-41,47H2,1-2H3,(H,50,51)(H,52,53)/b7-5+,13-11+,19-17+,22-21+,27-25+,28-26+,34-32+/t42-,43+/m1/s1. The Bertz CT molecular complexity index is 1300. The number of carboxylic acid groups (broad SMARTS) is 1. The number of ether oxygens (including phenoxy) is 2. The summed E-state index contributed by atoms with van der Waals surface area (Å²) in [5.41, 5.74) is 5.32. The highest BCUT2D eigenvalue weighted by molar-refractivity contribution is 7.47. The molecule has 330 valence electrons. The first-order valence-electron chi connectivity index (χ1n) is 21.6. The zero-order chi connectivity index (χ0) is 42.8. The number of hydrogen-bond donors (Lipinski definition) is 3. The summed E-state index contributed by atoms with van der Waals surface area (Å²) in [5, 5.41) is 8.88. The van der Waals surface area contributed by atoms with Crippen molar-refractivity contribution in [1.29, 1.82) is 0 Å². The van der Waals surface area contributed by atoms with Crippen molar-refractivity contribution in [3.8, 4) is 0 Å². The van der Waals surface area contributed by atoms with Crippen molar-refractivity contribution in [2.45, 2.75) is 167 Å². The van der Waals surface area contributed by atoms with Gasteiger partial charge in [0, 0.05) is 12.8 Å². The summed E-state index contributed by atoms with van der Waals surface area (Å²) in [5.74, 6) is -2.52. The van der Waals surface area contributed by atoms with E-state index in [1.165, 1.54) is 51.4 Å². The Morgan fingerprint density at radius 3 is 1.52 bits per heavy atom. The number of rotatable bonds is 39. The number of phosphoric acid groups is 1. The van der Waals surface area contributed by atoms with E-state index in [1.54, 1.807) is 0 Å². The number of unbranched alkanes of at least 4 members (excludes halogenated alkanes) is 11. The summed E-state index contributed by atoms with van der Waals surface area (Å²) in [6.07, 6.45) is 49.5. The summed E-state index contributed by atoms with van der Waals surface area (Å²) >= 11 is 0. The lowest BCUT2D eigenvalue weighted by atomic mass is 10.1. The Morgan fingerprint density at radius 1 is 0.552 bits per heavy atom. The molecule has 0 radical (unpaired) electrons. The molecule has 0 aliphatic heterocycles.